The van der Waals surface area contributed by atoms with Crippen molar-refractivity contribution in [3.63, 3.8) is 0 Å². The standard InChI is InChI=1S/C10H14O/c11-4-3-10-6-8-1-2-9(5-8)7-10/h1-2,4,8-10H,3,5-7H2/t8-,9+,10?. The number of aldehydes is 1. The number of carbonyl (C=O) groups excluding carboxylic acids is 1. The van der Waals surface area contributed by atoms with Crippen LogP contribution in [0, 0.1) is 17.8 Å². The molecule has 11 heavy (non-hydrogen) atoms. The van der Waals surface area contributed by atoms with E-state index < -0.39 is 0 Å². The molecule has 0 aromatic rings. The van der Waals surface area contributed by atoms with Crippen molar-refractivity contribution in [3.05, 3.63) is 12.2 Å². The quantitative estimate of drug-likeness (QED) is 0.435. The monoisotopic (exact) mass is 150 g/mol. The first-order valence-electron chi connectivity index (χ1n) is 4.50. The minimum atomic E-state index is 0.686. The van der Waals surface area contributed by atoms with E-state index in [2.05, 4.69) is 12.2 Å². The summed E-state index contributed by atoms with van der Waals surface area (Å²) >= 11 is 0. The zero-order valence-corrected chi connectivity index (χ0v) is 6.70. The van der Waals surface area contributed by atoms with Crippen LogP contribution in [0.4, 0.5) is 0 Å². The molecule has 0 N–H and O–H groups in total. The topological polar surface area (TPSA) is 17.1 Å². The summed E-state index contributed by atoms with van der Waals surface area (Å²) < 4.78 is 0. The smallest absolute Gasteiger partial charge is 0.120 e. The van der Waals surface area contributed by atoms with E-state index in [0.717, 1.165) is 24.5 Å². The highest BCUT2D eigenvalue weighted by Crippen LogP contribution is 2.40. The molecule has 1 unspecified atom stereocenters. The van der Waals surface area contributed by atoms with Gasteiger partial charge in [-0.15, -0.1) is 0 Å². The second-order valence-electron chi connectivity index (χ2n) is 3.88. The maximum absolute atomic E-state index is 10.3. The Bertz CT molecular complexity index is 169. The Kier molecular flexibility index (Phi) is 1.80. The van der Waals surface area contributed by atoms with Crippen molar-refractivity contribution in [2.75, 3.05) is 0 Å². The van der Waals surface area contributed by atoms with Crippen molar-refractivity contribution in [2.45, 2.75) is 25.7 Å². The van der Waals surface area contributed by atoms with E-state index >= 15 is 0 Å². The lowest BCUT2D eigenvalue weighted by atomic mass is 9.79. The van der Waals surface area contributed by atoms with Gasteiger partial charge in [0, 0.05) is 6.42 Å². The molecule has 0 saturated heterocycles. The Morgan fingerprint density at radius 2 is 1.82 bits per heavy atom. The number of fused-ring (bicyclic) bond motifs is 2. The molecule has 0 radical (unpaired) electrons. The summed E-state index contributed by atoms with van der Waals surface area (Å²) in [6, 6.07) is 0. The Labute approximate surface area is 67.5 Å². The lowest BCUT2D eigenvalue weighted by molar-refractivity contribution is -0.108. The largest absolute Gasteiger partial charge is 0.303 e. The van der Waals surface area contributed by atoms with Crippen molar-refractivity contribution in [1.82, 2.24) is 0 Å². The molecular formula is C10H14O. The Hall–Kier alpha value is -0.590. The van der Waals surface area contributed by atoms with Gasteiger partial charge in [-0.25, -0.2) is 0 Å². The van der Waals surface area contributed by atoms with Crippen molar-refractivity contribution >= 4 is 6.29 Å². The van der Waals surface area contributed by atoms with Gasteiger partial charge in [-0.05, 0) is 37.0 Å². The van der Waals surface area contributed by atoms with Crippen LogP contribution in [0.1, 0.15) is 25.7 Å². The summed E-state index contributed by atoms with van der Waals surface area (Å²) in [4.78, 5) is 10.3. The first-order chi connectivity index (χ1) is 5.38. The Balaban J connectivity index is 1.95. The van der Waals surface area contributed by atoms with Gasteiger partial charge in [0.15, 0.2) is 0 Å². The molecule has 0 aromatic heterocycles. The minimum Gasteiger partial charge on any atom is -0.303 e. The fraction of sp³-hybridized carbons (Fsp3) is 0.700. The maximum atomic E-state index is 10.3. The predicted octanol–water partition coefficient (Wildman–Crippen LogP) is 2.18. The van der Waals surface area contributed by atoms with Crippen LogP contribution in [-0.2, 0) is 4.79 Å². The minimum absolute atomic E-state index is 0.686. The number of rotatable bonds is 2. The molecule has 2 rings (SSSR count). The van der Waals surface area contributed by atoms with Gasteiger partial charge in [0.1, 0.15) is 6.29 Å². The van der Waals surface area contributed by atoms with E-state index in [4.69, 9.17) is 0 Å². The van der Waals surface area contributed by atoms with Crippen molar-refractivity contribution in [3.8, 4) is 0 Å². The van der Waals surface area contributed by atoms with Crippen LogP contribution in [0.25, 0.3) is 0 Å². The molecule has 2 aliphatic rings. The van der Waals surface area contributed by atoms with Crippen LogP contribution in [0.3, 0.4) is 0 Å². The van der Waals surface area contributed by atoms with E-state index in [0.29, 0.717) is 5.92 Å². The van der Waals surface area contributed by atoms with Crippen molar-refractivity contribution in [2.24, 2.45) is 17.8 Å². The summed E-state index contributed by atoms with van der Waals surface area (Å²) in [6.07, 6.45) is 10.4. The SMILES string of the molecule is O=CCC1C[C@H]2C=C[C@@H](C1)C2. The van der Waals surface area contributed by atoms with E-state index in [1.807, 2.05) is 0 Å². The van der Waals surface area contributed by atoms with Crippen LogP contribution < -0.4 is 0 Å². The van der Waals surface area contributed by atoms with Crippen LogP contribution in [0.2, 0.25) is 0 Å². The highest BCUT2D eigenvalue weighted by Gasteiger charge is 2.29. The van der Waals surface area contributed by atoms with Gasteiger partial charge in [0.25, 0.3) is 0 Å². The fourth-order valence-corrected chi connectivity index (χ4v) is 2.49. The molecule has 1 nitrogen and oxygen atoms in total. The van der Waals surface area contributed by atoms with Gasteiger partial charge in [-0.3, -0.25) is 0 Å². The second-order valence-corrected chi connectivity index (χ2v) is 3.88. The molecule has 0 heterocycles. The summed E-state index contributed by atoms with van der Waals surface area (Å²) in [6.45, 7) is 0. The summed E-state index contributed by atoms with van der Waals surface area (Å²) in [7, 11) is 0. The van der Waals surface area contributed by atoms with E-state index in [1.165, 1.54) is 19.3 Å². The fourth-order valence-electron chi connectivity index (χ4n) is 2.49. The van der Waals surface area contributed by atoms with E-state index in [-0.39, 0.29) is 0 Å². The maximum Gasteiger partial charge on any atom is 0.120 e. The molecule has 1 fully saturated rings. The average molecular weight is 150 g/mol. The van der Waals surface area contributed by atoms with E-state index in [9.17, 15) is 4.79 Å². The van der Waals surface area contributed by atoms with Gasteiger partial charge >= 0.3 is 0 Å². The molecule has 2 bridgehead atoms. The molecule has 3 atom stereocenters. The third kappa shape index (κ3) is 1.37. The van der Waals surface area contributed by atoms with Crippen LogP contribution in [-0.4, -0.2) is 6.29 Å². The summed E-state index contributed by atoms with van der Waals surface area (Å²) in [5.41, 5.74) is 0. The van der Waals surface area contributed by atoms with Gasteiger partial charge in [-0.2, -0.15) is 0 Å². The molecule has 2 aliphatic carbocycles. The number of hydrogen-bond donors (Lipinski definition) is 0. The number of allylic oxidation sites excluding steroid dienone is 2. The lowest BCUT2D eigenvalue weighted by Crippen LogP contribution is -2.16. The van der Waals surface area contributed by atoms with Crippen molar-refractivity contribution < 1.29 is 4.79 Å². The molecule has 1 heteroatoms. The van der Waals surface area contributed by atoms with Crippen LogP contribution >= 0.6 is 0 Å². The number of carbonyl (C=O) groups is 1. The molecule has 60 valence electrons. The summed E-state index contributed by atoms with van der Waals surface area (Å²) in [5.74, 6) is 2.30. The Morgan fingerprint density at radius 1 is 1.18 bits per heavy atom. The third-order valence-electron chi connectivity index (χ3n) is 2.96. The van der Waals surface area contributed by atoms with Crippen molar-refractivity contribution in [1.29, 1.82) is 0 Å². The van der Waals surface area contributed by atoms with E-state index in [1.54, 1.807) is 0 Å². The zero-order valence-electron chi connectivity index (χ0n) is 6.70. The highest BCUT2D eigenvalue weighted by atomic mass is 16.1. The molecule has 0 aliphatic heterocycles. The predicted molar refractivity (Wildman–Crippen MR) is 44.1 cm³/mol. The third-order valence-corrected chi connectivity index (χ3v) is 2.96. The average Bonchev–Trinajstić information content (AvgIpc) is 2.32. The van der Waals surface area contributed by atoms with Gasteiger partial charge in [-0.1, -0.05) is 12.2 Å². The Morgan fingerprint density at radius 3 is 2.36 bits per heavy atom. The van der Waals surface area contributed by atoms with Gasteiger partial charge in [0.05, 0.1) is 0 Å². The first kappa shape index (κ1) is 7.08. The van der Waals surface area contributed by atoms with Crippen LogP contribution in [0.15, 0.2) is 12.2 Å². The molecule has 1 saturated carbocycles. The zero-order chi connectivity index (χ0) is 7.68. The lowest BCUT2D eigenvalue weighted by Gasteiger charge is -2.26. The summed E-state index contributed by atoms with van der Waals surface area (Å²) in [5, 5.41) is 0. The van der Waals surface area contributed by atoms with Gasteiger partial charge < -0.3 is 4.79 Å². The first-order valence-corrected chi connectivity index (χ1v) is 4.50. The molecule has 0 aromatic carbocycles. The molecule has 0 amide bonds. The van der Waals surface area contributed by atoms with Crippen LogP contribution in [0.5, 0.6) is 0 Å². The molecule has 0 spiro atoms. The highest BCUT2D eigenvalue weighted by molar-refractivity contribution is 5.49. The van der Waals surface area contributed by atoms with Gasteiger partial charge in [0.2, 0.25) is 0 Å². The number of hydrogen-bond acceptors (Lipinski definition) is 1. The second kappa shape index (κ2) is 2.80. The normalized spacial score (nSPS) is 40.9. The molecular weight excluding hydrogens is 136 g/mol.